The Morgan fingerprint density at radius 1 is 1.30 bits per heavy atom. The Bertz CT molecular complexity index is 722. The molecule has 1 aliphatic carbocycles. The van der Waals surface area contributed by atoms with Gasteiger partial charge in [-0.3, -0.25) is 4.79 Å². The third-order valence-corrected chi connectivity index (χ3v) is 4.63. The van der Waals surface area contributed by atoms with Crippen molar-refractivity contribution in [1.82, 2.24) is 0 Å². The molecule has 0 saturated carbocycles. The number of phenols is 1. The molecule has 1 N–H and O–H groups in total. The van der Waals surface area contributed by atoms with Gasteiger partial charge in [-0.15, -0.1) is 0 Å². The maximum atomic E-state index is 11.7. The average molecular weight is 272 g/mol. The lowest BCUT2D eigenvalue weighted by Gasteiger charge is -2.25. The Labute approximate surface area is 118 Å². The Kier molecular flexibility index (Phi) is 2.89. The van der Waals surface area contributed by atoms with Crippen molar-refractivity contribution in [3.8, 4) is 5.75 Å². The van der Waals surface area contributed by atoms with E-state index in [-0.39, 0.29) is 11.5 Å². The number of rotatable bonds is 1. The van der Waals surface area contributed by atoms with Crippen LogP contribution < -0.4 is 0 Å². The molecule has 0 radical (unpaired) electrons. The molecule has 3 nitrogen and oxygen atoms in total. The van der Waals surface area contributed by atoms with Gasteiger partial charge in [-0.05, 0) is 50.2 Å². The van der Waals surface area contributed by atoms with Crippen LogP contribution >= 0.6 is 0 Å². The normalized spacial score (nSPS) is 18.3. The SMILES string of the molecule is CC(=O)c1oc2c(O)c3c(c(C)c2c1C)[C@@H](C)CCC3. The summed E-state index contributed by atoms with van der Waals surface area (Å²) in [4.78, 5) is 11.7. The zero-order chi connectivity index (χ0) is 14.6. The zero-order valence-corrected chi connectivity index (χ0v) is 12.5. The quantitative estimate of drug-likeness (QED) is 0.783. The largest absolute Gasteiger partial charge is 0.504 e. The second kappa shape index (κ2) is 4.37. The van der Waals surface area contributed by atoms with Crippen molar-refractivity contribution < 1.29 is 14.3 Å². The van der Waals surface area contributed by atoms with Gasteiger partial charge in [-0.25, -0.2) is 0 Å². The first-order chi connectivity index (χ1) is 9.43. The molecule has 1 aromatic carbocycles. The number of ketones is 1. The first-order valence-electron chi connectivity index (χ1n) is 7.21. The molecular formula is C17H20O3. The van der Waals surface area contributed by atoms with E-state index in [0.29, 0.717) is 17.3 Å². The summed E-state index contributed by atoms with van der Waals surface area (Å²) < 4.78 is 5.67. The van der Waals surface area contributed by atoms with Gasteiger partial charge in [0.25, 0.3) is 0 Å². The molecule has 1 aliphatic rings. The van der Waals surface area contributed by atoms with Gasteiger partial charge in [0.1, 0.15) is 0 Å². The summed E-state index contributed by atoms with van der Waals surface area (Å²) in [5, 5.41) is 11.5. The number of furan rings is 1. The number of Topliss-reactive ketones (excluding diaryl/α,β-unsaturated/α-hetero) is 1. The first-order valence-corrected chi connectivity index (χ1v) is 7.21. The fraction of sp³-hybridized carbons (Fsp3) is 0.471. The van der Waals surface area contributed by atoms with E-state index in [9.17, 15) is 9.90 Å². The monoisotopic (exact) mass is 272 g/mol. The zero-order valence-electron chi connectivity index (χ0n) is 12.5. The predicted octanol–water partition coefficient (Wildman–Crippen LogP) is 4.40. The van der Waals surface area contributed by atoms with Crippen molar-refractivity contribution >= 4 is 16.8 Å². The number of hydrogen-bond acceptors (Lipinski definition) is 3. The molecule has 1 atom stereocenters. The number of phenolic OH excluding ortho intramolecular Hbond substituents is 1. The Morgan fingerprint density at radius 2 is 2.00 bits per heavy atom. The van der Waals surface area contributed by atoms with Crippen LogP contribution in [0.5, 0.6) is 5.75 Å². The molecule has 3 rings (SSSR count). The summed E-state index contributed by atoms with van der Waals surface area (Å²) in [6.07, 6.45) is 3.12. The Morgan fingerprint density at radius 3 is 2.65 bits per heavy atom. The highest BCUT2D eigenvalue weighted by Crippen LogP contribution is 2.45. The molecule has 0 unspecified atom stereocenters. The number of carbonyl (C=O) groups excluding carboxylic acids is 1. The summed E-state index contributed by atoms with van der Waals surface area (Å²) in [5.41, 5.74) is 4.76. The van der Waals surface area contributed by atoms with Crippen molar-refractivity contribution in [3.63, 3.8) is 0 Å². The van der Waals surface area contributed by atoms with Gasteiger partial charge in [0.15, 0.2) is 22.9 Å². The molecule has 106 valence electrons. The van der Waals surface area contributed by atoms with Gasteiger partial charge in [-0.1, -0.05) is 6.92 Å². The molecule has 3 heteroatoms. The van der Waals surface area contributed by atoms with E-state index in [1.807, 2.05) is 6.92 Å². The minimum atomic E-state index is -0.0940. The third-order valence-electron chi connectivity index (χ3n) is 4.63. The molecule has 0 spiro atoms. The number of aryl methyl sites for hydroxylation is 2. The number of benzene rings is 1. The van der Waals surface area contributed by atoms with Crippen LogP contribution in [0.4, 0.5) is 0 Å². The molecule has 2 aromatic rings. The molecule has 20 heavy (non-hydrogen) atoms. The van der Waals surface area contributed by atoms with Crippen LogP contribution in [0.25, 0.3) is 11.0 Å². The molecule has 1 aromatic heterocycles. The van der Waals surface area contributed by atoms with Crippen LogP contribution in [0.2, 0.25) is 0 Å². The van der Waals surface area contributed by atoms with Crippen LogP contribution in [0, 0.1) is 13.8 Å². The van der Waals surface area contributed by atoms with E-state index < -0.39 is 0 Å². The molecule has 0 bridgehead atoms. The van der Waals surface area contributed by atoms with Gasteiger partial charge in [0.2, 0.25) is 0 Å². The molecule has 0 saturated heterocycles. The lowest BCUT2D eigenvalue weighted by Crippen LogP contribution is -2.09. The summed E-state index contributed by atoms with van der Waals surface area (Å²) in [5.74, 6) is 0.962. The van der Waals surface area contributed by atoms with E-state index in [1.165, 1.54) is 12.5 Å². The second-order valence-corrected chi connectivity index (χ2v) is 5.98. The lowest BCUT2D eigenvalue weighted by atomic mass is 9.79. The van der Waals surface area contributed by atoms with Gasteiger partial charge in [0, 0.05) is 23.4 Å². The molecule has 0 fully saturated rings. The highest BCUT2D eigenvalue weighted by atomic mass is 16.4. The molecular weight excluding hydrogens is 252 g/mol. The first kappa shape index (κ1) is 13.2. The number of fused-ring (bicyclic) bond motifs is 2. The molecule has 0 aliphatic heterocycles. The second-order valence-electron chi connectivity index (χ2n) is 5.98. The van der Waals surface area contributed by atoms with Gasteiger partial charge in [-0.2, -0.15) is 0 Å². The van der Waals surface area contributed by atoms with Crippen LogP contribution in [0.3, 0.4) is 0 Å². The van der Waals surface area contributed by atoms with Crippen LogP contribution in [0.1, 0.15) is 65.4 Å². The predicted molar refractivity (Wildman–Crippen MR) is 78.7 cm³/mol. The van der Waals surface area contributed by atoms with Crippen LogP contribution in [-0.2, 0) is 6.42 Å². The summed E-state index contributed by atoms with van der Waals surface area (Å²) in [7, 11) is 0. The highest BCUT2D eigenvalue weighted by molar-refractivity contribution is 6.02. The number of aromatic hydroxyl groups is 1. The van der Waals surface area contributed by atoms with Crippen molar-refractivity contribution in [2.45, 2.75) is 52.9 Å². The third kappa shape index (κ3) is 1.62. The van der Waals surface area contributed by atoms with E-state index in [0.717, 1.165) is 41.3 Å². The topological polar surface area (TPSA) is 50.4 Å². The van der Waals surface area contributed by atoms with Crippen molar-refractivity contribution in [2.75, 3.05) is 0 Å². The standard InChI is InChI=1S/C17H20O3/c1-8-6-5-7-12-13(8)9(2)14-10(3)16(11(4)18)20-17(14)15(12)19/h8,19H,5-7H2,1-4H3/t8-/m0/s1. The number of carbonyl (C=O) groups is 1. The fourth-order valence-electron chi connectivity index (χ4n) is 3.74. The maximum absolute atomic E-state index is 11.7. The average Bonchev–Trinajstić information content (AvgIpc) is 2.74. The number of hydrogen-bond donors (Lipinski definition) is 1. The van der Waals surface area contributed by atoms with Crippen molar-refractivity contribution in [2.24, 2.45) is 0 Å². The summed E-state index contributed by atoms with van der Waals surface area (Å²) in [6.45, 7) is 7.68. The Balaban J connectivity index is 2.45. The molecule has 0 amide bonds. The lowest BCUT2D eigenvalue weighted by molar-refractivity contribution is 0.0988. The van der Waals surface area contributed by atoms with E-state index in [2.05, 4.69) is 13.8 Å². The van der Waals surface area contributed by atoms with Crippen LogP contribution in [0.15, 0.2) is 4.42 Å². The maximum Gasteiger partial charge on any atom is 0.195 e. The highest BCUT2D eigenvalue weighted by Gasteiger charge is 2.28. The van der Waals surface area contributed by atoms with E-state index >= 15 is 0 Å². The van der Waals surface area contributed by atoms with Gasteiger partial charge in [0.05, 0.1) is 0 Å². The molecule has 1 heterocycles. The minimum Gasteiger partial charge on any atom is -0.504 e. The summed E-state index contributed by atoms with van der Waals surface area (Å²) in [6, 6.07) is 0. The van der Waals surface area contributed by atoms with Crippen molar-refractivity contribution in [1.29, 1.82) is 0 Å². The fourth-order valence-corrected chi connectivity index (χ4v) is 3.74. The minimum absolute atomic E-state index is 0.0940. The van der Waals surface area contributed by atoms with E-state index in [1.54, 1.807) is 0 Å². The van der Waals surface area contributed by atoms with Gasteiger partial charge >= 0.3 is 0 Å². The smallest absolute Gasteiger partial charge is 0.195 e. The van der Waals surface area contributed by atoms with E-state index in [4.69, 9.17) is 4.42 Å². The van der Waals surface area contributed by atoms with Crippen molar-refractivity contribution in [3.05, 3.63) is 28.0 Å². The van der Waals surface area contributed by atoms with Gasteiger partial charge < -0.3 is 9.52 Å². The van der Waals surface area contributed by atoms with Crippen LogP contribution in [-0.4, -0.2) is 10.9 Å². The Hall–Kier alpha value is -1.77. The summed E-state index contributed by atoms with van der Waals surface area (Å²) >= 11 is 0.